The van der Waals surface area contributed by atoms with Crippen LogP contribution in [-0.2, 0) is 6.42 Å². The normalized spacial score (nSPS) is 17.6. The van der Waals surface area contributed by atoms with E-state index in [1.165, 1.54) is 17.7 Å². The van der Waals surface area contributed by atoms with E-state index >= 15 is 0 Å². The van der Waals surface area contributed by atoms with Gasteiger partial charge < -0.3 is 5.32 Å². The van der Waals surface area contributed by atoms with Crippen LogP contribution in [0.3, 0.4) is 0 Å². The van der Waals surface area contributed by atoms with Crippen molar-refractivity contribution in [1.29, 1.82) is 0 Å². The van der Waals surface area contributed by atoms with Crippen molar-refractivity contribution in [2.75, 3.05) is 11.1 Å². The first-order valence-electron chi connectivity index (χ1n) is 6.67. The number of thioether (sulfide) groups is 1. The second-order valence-electron chi connectivity index (χ2n) is 4.87. The summed E-state index contributed by atoms with van der Waals surface area (Å²) in [5.41, 5.74) is 1.91. The van der Waals surface area contributed by atoms with Crippen molar-refractivity contribution in [3.8, 4) is 0 Å². The maximum absolute atomic E-state index is 13.3. The molecule has 0 saturated heterocycles. The largest absolute Gasteiger partial charge is 0.335 e. The topological polar surface area (TPSA) is 24.4 Å². The molecule has 0 radical (unpaired) electrons. The Kier molecular flexibility index (Phi) is 4.46. The number of hydrogen-bond acceptors (Lipinski definition) is 3. The summed E-state index contributed by atoms with van der Waals surface area (Å²) < 4.78 is 13.3. The standard InChI is InChI=1S/C16H14ClFN2S/c17-12-7-13(18)9-14(8-12)19-16-20-15(10-21-16)6-11-4-2-1-3-5-11/h1-5,7-9,15H,6,10H2,(H,19,20). The number of amidine groups is 1. The van der Waals surface area contributed by atoms with Gasteiger partial charge in [-0.2, -0.15) is 0 Å². The molecule has 0 amide bonds. The summed E-state index contributed by atoms with van der Waals surface area (Å²) in [6.07, 6.45) is 0.920. The number of benzene rings is 2. The number of rotatable bonds is 3. The van der Waals surface area contributed by atoms with Gasteiger partial charge in [0.15, 0.2) is 5.17 Å². The molecule has 0 bridgehead atoms. The Labute approximate surface area is 132 Å². The Bertz CT molecular complexity index is 640. The molecule has 1 unspecified atom stereocenters. The molecule has 1 aliphatic heterocycles. The molecule has 2 aromatic carbocycles. The molecule has 5 heteroatoms. The van der Waals surface area contributed by atoms with Crippen molar-refractivity contribution < 1.29 is 4.39 Å². The molecule has 1 heterocycles. The number of anilines is 1. The maximum atomic E-state index is 13.3. The van der Waals surface area contributed by atoms with Crippen LogP contribution in [0.15, 0.2) is 53.5 Å². The van der Waals surface area contributed by atoms with Crippen molar-refractivity contribution in [2.24, 2.45) is 4.99 Å². The van der Waals surface area contributed by atoms with Crippen molar-refractivity contribution in [1.82, 2.24) is 0 Å². The number of halogens is 2. The summed E-state index contributed by atoms with van der Waals surface area (Å²) in [6, 6.07) is 15.0. The Morgan fingerprint density at radius 3 is 2.81 bits per heavy atom. The van der Waals surface area contributed by atoms with E-state index in [1.807, 2.05) is 18.2 Å². The van der Waals surface area contributed by atoms with Gasteiger partial charge in [0.05, 0.1) is 6.04 Å². The van der Waals surface area contributed by atoms with Crippen LogP contribution in [0, 0.1) is 5.82 Å². The van der Waals surface area contributed by atoms with Gasteiger partial charge in [-0.3, -0.25) is 4.99 Å². The van der Waals surface area contributed by atoms with E-state index in [2.05, 4.69) is 22.4 Å². The lowest BCUT2D eigenvalue weighted by Gasteiger charge is -2.06. The predicted molar refractivity (Wildman–Crippen MR) is 88.9 cm³/mol. The van der Waals surface area contributed by atoms with Crippen LogP contribution in [0.4, 0.5) is 10.1 Å². The molecule has 21 heavy (non-hydrogen) atoms. The van der Waals surface area contributed by atoms with E-state index in [4.69, 9.17) is 11.6 Å². The van der Waals surface area contributed by atoms with Gasteiger partial charge in [0.25, 0.3) is 0 Å². The van der Waals surface area contributed by atoms with Crippen molar-refractivity contribution in [3.63, 3.8) is 0 Å². The smallest absolute Gasteiger partial charge is 0.161 e. The van der Waals surface area contributed by atoms with Gasteiger partial charge in [-0.05, 0) is 30.2 Å². The van der Waals surface area contributed by atoms with Crippen LogP contribution in [0.1, 0.15) is 5.56 Å². The van der Waals surface area contributed by atoms with Gasteiger partial charge in [0.2, 0.25) is 0 Å². The van der Waals surface area contributed by atoms with Gasteiger partial charge in [-0.15, -0.1) is 0 Å². The predicted octanol–water partition coefficient (Wildman–Crippen LogP) is 4.61. The first kappa shape index (κ1) is 14.4. The third-order valence-corrected chi connectivity index (χ3v) is 4.39. The second kappa shape index (κ2) is 6.50. The molecule has 0 fully saturated rings. The molecule has 0 aliphatic carbocycles. The zero-order valence-electron chi connectivity index (χ0n) is 11.2. The second-order valence-corrected chi connectivity index (χ2v) is 6.32. The quantitative estimate of drug-likeness (QED) is 0.893. The van der Waals surface area contributed by atoms with Crippen LogP contribution in [-0.4, -0.2) is 17.0 Å². The molecule has 0 saturated carbocycles. The highest BCUT2D eigenvalue weighted by atomic mass is 35.5. The summed E-state index contributed by atoms with van der Waals surface area (Å²) in [6.45, 7) is 0. The molecule has 0 spiro atoms. The van der Waals surface area contributed by atoms with Crippen LogP contribution in [0.2, 0.25) is 5.02 Å². The highest BCUT2D eigenvalue weighted by Gasteiger charge is 2.18. The Hall–Kier alpha value is -1.52. The summed E-state index contributed by atoms with van der Waals surface area (Å²) >= 11 is 7.49. The van der Waals surface area contributed by atoms with E-state index < -0.39 is 0 Å². The number of aliphatic imine (C=N–C) groups is 1. The van der Waals surface area contributed by atoms with Gasteiger partial charge >= 0.3 is 0 Å². The van der Waals surface area contributed by atoms with Crippen molar-refractivity contribution in [2.45, 2.75) is 12.5 Å². The monoisotopic (exact) mass is 320 g/mol. The zero-order chi connectivity index (χ0) is 14.7. The van der Waals surface area contributed by atoms with Crippen molar-refractivity contribution >= 4 is 34.2 Å². The summed E-state index contributed by atoms with van der Waals surface area (Å²) in [7, 11) is 0. The third kappa shape index (κ3) is 3.99. The van der Waals surface area contributed by atoms with Gasteiger partial charge in [-0.25, -0.2) is 4.39 Å². The molecule has 108 valence electrons. The minimum absolute atomic E-state index is 0.254. The van der Waals surface area contributed by atoms with Crippen LogP contribution >= 0.6 is 23.4 Å². The molecule has 0 aromatic heterocycles. The van der Waals surface area contributed by atoms with Crippen molar-refractivity contribution in [3.05, 3.63) is 64.9 Å². The van der Waals surface area contributed by atoms with E-state index in [0.717, 1.165) is 17.3 Å². The minimum atomic E-state index is -0.352. The summed E-state index contributed by atoms with van der Waals surface area (Å²) in [5, 5.41) is 4.32. The number of nitrogens with one attached hydrogen (secondary N) is 1. The molecule has 1 N–H and O–H groups in total. The molecule has 2 aromatic rings. The lowest BCUT2D eigenvalue weighted by molar-refractivity contribution is 0.628. The fraction of sp³-hybridized carbons (Fsp3) is 0.188. The number of nitrogens with zero attached hydrogens (tertiary/aromatic N) is 1. The van der Waals surface area contributed by atoms with Gasteiger partial charge in [-0.1, -0.05) is 53.7 Å². The lowest BCUT2D eigenvalue weighted by Crippen LogP contribution is -2.08. The van der Waals surface area contributed by atoms with E-state index in [0.29, 0.717) is 10.7 Å². The van der Waals surface area contributed by atoms with Crippen LogP contribution < -0.4 is 5.32 Å². The lowest BCUT2D eigenvalue weighted by atomic mass is 10.1. The first-order valence-corrected chi connectivity index (χ1v) is 8.03. The molecule has 3 rings (SSSR count). The highest BCUT2D eigenvalue weighted by molar-refractivity contribution is 8.14. The average molecular weight is 321 g/mol. The molecule has 1 atom stereocenters. The van der Waals surface area contributed by atoms with Crippen LogP contribution in [0.5, 0.6) is 0 Å². The molecular formula is C16H14ClFN2S. The minimum Gasteiger partial charge on any atom is -0.335 e. The fourth-order valence-corrected chi connectivity index (χ4v) is 3.40. The van der Waals surface area contributed by atoms with E-state index in [-0.39, 0.29) is 11.9 Å². The summed E-state index contributed by atoms with van der Waals surface area (Å²) in [5.74, 6) is 0.578. The maximum Gasteiger partial charge on any atom is 0.161 e. The molecule has 2 nitrogen and oxygen atoms in total. The zero-order valence-corrected chi connectivity index (χ0v) is 12.8. The summed E-state index contributed by atoms with van der Waals surface area (Å²) in [4.78, 5) is 4.64. The average Bonchev–Trinajstić information content (AvgIpc) is 2.86. The Morgan fingerprint density at radius 1 is 1.24 bits per heavy atom. The van der Waals surface area contributed by atoms with Crippen LogP contribution in [0.25, 0.3) is 0 Å². The Morgan fingerprint density at radius 2 is 2.05 bits per heavy atom. The highest BCUT2D eigenvalue weighted by Crippen LogP contribution is 2.24. The molecule has 1 aliphatic rings. The fourth-order valence-electron chi connectivity index (χ4n) is 2.22. The van der Waals surface area contributed by atoms with Gasteiger partial charge in [0, 0.05) is 16.5 Å². The number of hydrogen-bond donors (Lipinski definition) is 1. The first-order chi connectivity index (χ1) is 10.2. The Balaban J connectivity index is 1.66. The SMILES string of the molecule is Fc1cc(Cl)cc(NC2=NC(Cc3ccccc3)CS2)c1. The van der Waals surface area contributed by atoms with E-state index in [1.54, 1.807) is 17.8 Å². The van der Waals surface area contributed by atoms with Gasteiger partial charge in [0.1, 0.15) is 5.82 Å². The third-order valence-electron chi connectivity index (χ3n) is 3.14. The van der Waals surface area contributed by atoms with E-state index in [9.17, 15) is 4.39 Å². The molecular weight excluding hydrogens is 307 g/mol.